The lowest BCUT2D eigenvalue weighted by Gasteiger charge is -2.06. The van der Waals surface area contributed by atoms with Crippen LogP contribution in [0.5, 0.6) is 5.75 Å². The van der Waals surface area contributed by atoms with E-state index >= 15 is 0 Å². The van der Waals surface area contributed by atoms with Gasteiger partial charge in [-0.05, 0) is 50.5 Å². The molecule has 2 aromatic rings. The van der Waals surface area contributed by atoms with E-state index in [1.165, 1.54) is 0 Å². The lowest BCUT2D eigenvalue weighted by molar-refractivity contribution is 0.0520. The predicted octanol–water partition coefficient (Wildman–Crippen LogP) is 3.11. The predicted molar refractivity (Wildman–Crippen MR) is 87.4 cm³/mol. The van der Waals surface area contributed by atoms with Crippen molar-refractivity contribution in [2.24, 2.45) is 0 Å². The Kier molecular flexibility index (Phi) is 6.77. The third-order valence-electron chi connectivity index (χ3n) is 3.35. The number of nitriles is 1. The van der Waals surface area contributed by atoms with E-state index in [0.717, 1.165) is 30.6 Å². The van der Waals surface area contributed by atoms with Crippen LogP contribution >= 0.6 is 0 Å². The molecule has 2 rings (SSSR count). The van der Waals surface area contributed by atoms with Crippen LogP contribution in [0.1, 0.15) is 43.1 Å². The number of unbranched alkanes of at least 4 members (excludes halogenated alkanes) is 3. The van der Waals surface area contributed by atoms with Crippen molar-refractivity contribution in [2.45, 2.75) is 32.6 Å². The monoisotopic (exact) mass is 328 g/mol. The van der Waals surface area contributed by atoms with Gasteiger partial charge in [0.05, 0.1) is 19.3 Å². The quantitative estimate of drug-likeness (QED) is 0.560. The number of nitrogens with one attached hydrogen (secondary N) is 1. The SMILES string of the molecule is CCOC(=O)c1n[nH]nc1-c1ccc(OCCCCCC#N)cc1. The standard InChI is InChI=1S/C17H20N4O3/c1-2-23-17(22)16-15(19-21-20-16)13-7-9-14(10-8-13)24-12-6-4-3-5-11-18/h7-10H,2-6,12H2,1H3,(H,19,20,21). The fourth-order valence-corrected chi connectivity index (χ4v) is 2.16. The Labute approximate surface area is 140 Å². The number of H-pyrrole nitrogens is 1. The van der Waals surface area contributed by atoms with Gasteiger partial charge in [-0.15, -0.1) is 5.10 Å². The first-order chi connectivity index (χ1) is 11.8. The highest BCUT2D eigenvalue weighted by molar-refractivity contribution is 5.93. The van der Waals surface area contributed by atoms with Crippen LogP contribution in [-0.2, 0) is 4.74 Å². The number of carbonyl (C=O) groups is 1. The average molecular weight is 328 g/mol. The minimum absolute atomic E-state index is 0.169. The van der Waals surface area contributed by atoms with E-state index in [-0.39, 0.29) is 12.3 Å². The molecule has 1 N–H and O–H groups in total. The van der Waals surface area contributed by atoms with Crippen molar-refractivity contribution >= 4 is 5.97 Å². The minimum Gasteiger partial charge on any atom is -0.494 e. The molecule has 1 aromatic heterocycles. The van der Waals surface area contributed by atoms with E-state index in [2.05, 4.69) is 21.5 Å². The maximum absolute atomic E-state index is 11.8. The van der Waals surface area contributed by atoms with Crippen LogP contribution in [0.2, 0.25) is 0 Å². The van der Waals surface area contributed by atoms with Crippen LogP contribution in [0.3, 0.4) is 0 Å². The summed E-state index contributed by atoms with van der Waals surface area (Å²) in [7, 11) is 0. The summed E-state index contributed by atoms with van der Waals surface area (Å²) in [5, 5.41) is 18.8. The maximum atomic E-state index is 11.8. The van der Waals surface area contributed by atoms with Crippen molar-refractivity contribution in [3.05, 3.63) is 30.0 Å². The van der Waals surface area contributed by atoms with E-state index in [0.29, 0.717) is 18.7 Å². The Hall–Kier alpha value is -2.88. The first-order valence-corrected chi connectivity index (χ1v) is 7.94. The molecule has 0 aliphatic rings. The molecule has 0 bridgehead atoms. The Balaban J connectivity index is 1.92. The molecule has 0 radical (unpaired) electrons. The molecule has 0 atom stereocenters. The summed E-state index contributed by atoms with van der Waals surface area (Å²) in [6.07, 6.45) is 3.39. The van der Waals surface area contributed by atoms with Gasteiger partial charge < -0.3 is 9.47 Å². The average Bonchev–Trinajstić information content (AvgIpc) is 3.08. The van der Waals surface area contributed by atoms with Gasteiger partial charge in [-0.1, -0.05) is 0 Å². The third kappa shape index (κ3) is 4.81. The summed E-state index contributed by atoms with van der Waals surface area (Å²) >= 11 is 0. The van der Waals surface area contributed by atoms with Crippen LogP contribution in [0.15, 0.2) is 24.3 Å². The normalized spacial score (nSPS) is 10.2. The highest BCUT2D eigenvalue weighted by atomic mass is 16.5. The van der Waals surface area contributed by atoms with E-state index in [4.69, 9.17) is 14.7 Å². The van der Waals surface area contributed by atoms with Crippen LogP contribution in [-0.4, -0.2) is 34.6 Å². The van der Waals surface area contributed by atoms with Crippen molar-refractivity contribution in [3.63, 3.8) is 0 Å². The molecule has 0 unspecified atom stereocenters. The van der Waals surface area contributed by atoms with Gasteiger partial charge in [0, 0.05) is 12.0 Å². The number of hydrogen-bond donors (Lipinski definition) is 1. The maximum Gasteiger partial charge on any atom is 0.361 e. The van der Waals surface area contributed by atoms with Gasteiger partial charge >= 0.3 is 5.97 Å². The number of esters is 1. The van der Waals surface area contributed by atoms with Gasteiger partial charge in [0.15, 0.2) is 5.69 Å². The van der Waals surface area contributed by atoms with Gasteiger partial charge in [-0.25, -0.2) is 4.79 Å². The molecule has 1 heterocycles. The number of aromatic amines is 1. The number of nitrogens with zero attached hydrogens (tertiary/aromatic N) is 3. The summed E-state index contributed by atoms with van der Waals surface area (Å²) in [6, 6.07) is 9.43. The van der Waals surface area contributed by atoms with Crippen LogP contribution in [0.4, 0.5) is 0 Å². The Morgan fingerprint density at radius 3 is 2.71 bits per heavy atom. The lowest BCUT2D eigenvalue weighted by atomic mass is 10.1. The molecule has 1 aromatic carbocycles. The first-order valence-electron chi connectivity index (χ1n) is 7.94. The molecule has 0 saturated heterocycles. The largest absolute Gasteiger partial charge is 0.494 e. The second-order valence-corrected chi connectivity index (χ2v) is 5.08. The fourth-order valence-electron chi connectivity index (χ4n) is 2.16. The minimum atomic E-state index is -0.501. The molecule has 7 nitrogen and oxygen atoms in total. The second kappa shape index (κ2) is 9.30. The third-order valence-corrected chi connectivity index (χ3v) is 3.35. The smallest absolute Gasteiger partial charge is 0.361 e. The molecule has 0 amide bonds. The molecule has 0 fully saturated rings. The molecule has 0 spiro atoms. The van der Waals surface area contributed by atoms with Crippen molar-refractivity contribution in [1.82, 2.24) is 15.4 Å². The summed E-state index contributed by atoms with van der Waals surface area (Å²) in [6.45, 7) is 2.64. The van der Waals surface area contributed by atoms with Crippen molar-refractivity contribution in [3.8, 4) is 23.1 Å². The number of rotatable bonds is 9. The summed E-state index contributed by atoms with van der Waals surface area (Å²) in [5.74, 6) is 0.249. The van der Waals surface area contributed by atoms with Crippen LogP contribution in [0, 0.1) is 11.3 Å². The van der Waals surface area contributed by atoms with Gasteiger partial charge in [0.2, 0.25) is 0 Å². The molecule has 0 aliphatic carbocycles. The zero-order valence-electron chi connectivity index (χ0n) is 13.6. The van der Waals surface area contributed by atoms with Gasteiger partial charge in [-0.2, -0.15) is 15.6 Å². The van der Waals surface area contributed by atoms with E-state index < -0.39 is 5.97 Å². The summed E-state index contributed by atoms with van der Waals surface area (Å²) < 4.78 is 10.6. The molecule has 7 heteroatoms. The van der Waals surface area contributed by atoms with Gasteiger partial charge in [-0.3, -0.25) is 0 Å². The van der Waals surface area contributed by atoms with Crippen molar-refractivity contribution in [2.75, 3.05) is 13.2 Å². The van der Waals surface area contributed by atoms with E-state index in [1.54, 1.807) is 6.92 Å². The Bertz CT molecular complexity index is 689. The highest BCUT2D eigenvalue weighted by Crippen LogP contribution is 2.23. The van der Waals surface area contributed by atoms with Gasteiger partial charge in [0.1, 0.15) is 11.4 Å². The Morgan fingerprint density at radius 2 is 2.00 bits per heavy atom. The van der Waals surface area contributed by atoms with Crippen molar-refractivity contribution in [1.29, 1.82) is 5.26 Å². The number of ether oxygens (including phenoxy) is 2. The summed E-state index contributed by atoms with van der Waals surface area (Å²) in [4.78, 5) is 11.8. The van der Waals surface area contributed by atoms with Gasteiger partial charge in [0.25, 0.3) is 0 Å². The molecular formula is C17H20N4O3. The van der Waals surface area contributed by atoms with E-state index in [1.807, 2.05) is 24.3 Å². The zero-order chi connectivity index (χ0) is 17.2. The zero-order valence-corrected chi connectivity index (χ0v) is 13.6. The topological polar surface area (TPSA) is 101 Å². The molecule has 126 valence electrons. The van der Waals surface area contributed by atoms with Crippen LogP contribution < -0.4 is 4.74 Å². The number of benzene rings is 1. The van der Waals surface area contributed by atoms with Crippen molar-refractivity contribution < 1.29 is 14.3 Å². The molecule has 0 aliphatic heterocycles. The fraction of sp³-hybridized carbons (Fsp3) is 0.412. The number of hydrogen-bond acceptors (Lipinski definition) is 6. The highest BCUT2D eigenvalue weighted by Gasteiger charge is 2.18. The molecule has 24 heavy (non-hydrogen) atoms. The van der Waals surface area contributed by atoms with Crippen LogP contribution in [0.25, 0.3) is 11.3 Å². The number of aromatic nitrogens is 3. The summed E-state index contributed by atoms with van der Waals surface area (Å²) in [5.41, 5.74) is 1.38. The molecule has 0 saturated carbocycles. The molecular weight excluding hydrogens is 308 g/mol. The number of carbonyl (C=O) groups excluding carboxylic acids is 1. The second-order valence-electron chi connectivity index (χ2n) is 5.08. The van der Waals surface area contributed by atoms with E-state index in [9.17, 15) is 4.79 Å². The lowest BCUT2D eigenvalue weighted by Crippen LogP contribution is -2.06. The Morgan fingerprint density at radius 1 is 1.21 bits per heavy atom. The first kappa shape index (κ1) is 17.5.